The van der Waals surface area contributed by atoms with E-state index >= 15 is 0 Å². The molecule has 0 spiro atoms. The van der Waals surface area contributed by atoms with Gasteiger partial charge in [-0.1, -0.05) is 24.3 Å². The summed E-state index contributed by atoms with van der Waals surface area (Å²) >= 11 is 0. The van der Waals surface area contributed by atoms with Crippen LogP contribution in [0.3, 0.4) is 0 Å². The quantitative estimate of drug-likeness (QED) is 0.178. The standard InChI is InChI=1S/C20H15F2N5/c21-16-5-3-6-17(22)15(16)11-27-18-7-2-1-4-13(18)14-10-12(8-9-19(14)27)20(25-23)26-24/h1-10,23H,11,24H2/b25-23?,26-20-. The first-order chi connectivity index (χ1) is 13.1. The molecule has 0 fully saturated rings. The summed E-state index contributed by atoms with van der Waals surface area (Å²) in [7, 11) is 0. The molecular weight excluding hydrogens is 348 g/mol. The van der Waals surface area contributed by atoms with Crippen molar-refractivity contribution >= 4 is 27.6 Å². The summed E-state index contributed by atoms with van der Waals surface area (Å²) in [5, 5.41) is 8.64. The Morgan fingerprint density at radius 3 is 2.33 bits per heavy atom. The number of rotatable bonds is 3. The fraction of sp³-hybridized carbons (Fsp3) is 0.0500. The highest BCUT2D eigenvalue weighted by Gasteiger charge is 2.16. The molecule has 0 aliphatic rings. The van der Waals surface area contributed by atoms with Crippen LogP contribution in [-0.4, -0.2) is 10.4 Å². The molecule has 4 rings (SSSR count). The van der Waals surface area contributed by atoms with Crippen LogP contribution in [0.5, 0.6) is 0 Å². The third kappa shape index (κ3) is 2.73. The molecule has 0 aliphatic carbocycles. The number of para-hydroxylation sites is 1. The molecule has 5 nitrogen and oxygen atoms in total. The Labute approximate surface area is 153 Å². The van der Waals surface area contributed by atoms with E-state index in [9.17, 15) is 8.78 Å². The smallest absolute Gasteiger partial charge is 0.199 e. The molecule has 0 aliphatic heterocycles. The molecule has 0 bridgehead atoms. The summed E-state index contributed by atoms with van der Waals surface area (Å²) < 4.78 is 30.2. The van der Waals surface area contributed by atoms with Crippen LogP contribution >= 0.6 is 0 Å². The molecule has 27 heavy (non-hydrogen) atoms. The van der Waals surface area contributed by atoms with Gasteiger partial charge in [-0.3, -0.25) is 0 Å². The summed E-state index contributed by atoms with van der Waals surface area (Å²) in [6.07, 6.45) is 0. The number of fused-ring (bicyclic) bond motifs is 3. The number of aromatic nitrogens is 1. The van der Waals surface area contributed by atoms with Crippen molar-refractivity contribution in [1.82, 2.24) is 4.57 Å². The number of nitrogens with two attached hydrogens (primary N) is 1. The van der Waals surface area contributed by atoms with Crippen LogP contribution in [0.2, 0.25) is 0 Å². The zero-order valence-corrected chi connectivity index (χ0v) is 14.2. The van der Waals surface area contributed by atoms with Crippen molar-refractivity contribution in [2.45, 2.75) is 6.54 Å². The van der Waals surface area contributed by atoms with Gasteiger partial charge in [-0.2, -0.15) is 5.10 Å². The lowest BCUT2D eigenvalue weighted by atomic mass is 10.1. The molecular formula is C20H15F2N5. The lowest BCUT2D eigenvalue weighted by molar-refractivity contribution is 0.549. The van der Waals surface area contributed by atoms with E-state index in [0.29, 0.717) is 5.56 Å². The molecule has 0 amide bonds. The van der Waals surface area contributed by atoms with E-state index in [1.54, 1.807) is 6.07 Å². The third-order valence-corrected chi connectivity index (χ3v) is 4.64. The number of hydrazone groups is 1. The van der Waals surface area contributed by atoms with Gasteiger partial charge in [0, 0.05) is 32.9 Å². The highest BCUT2D eigenvalue weighted by Crippen LogP contribution is 2.31. The number of hydrogen-bond donors (Lipinski definition) is 2. The molecule has 0 saturated carbocycles. The molecule has 0 saturated heterocycles. The van der Waals surface area contributed by atoms with Crippen molar-refractivity contribution < 1.29 is 8.78 Å². The van der Waals surface area contributed by atoms with Gasteiger partial charge < -0.3 is 10.4 Å². The minimum atomic E-state index is -0.580. The average molecular weight is 363 g/mol. The molecule has 4 aromatic rings. The molecule has 0 radical (unpaired) electrons. The first-order valence-electron chi connectivity index (χ1n) is 8.23. The van der Waals surface area contributed by atoms with Crippen molar-refractivity contribution in [2.24, 2.45) is 16.1 Å². The number of halogens is 2. The van der Waals surface area contributed by atoms with Crippen molar-refractivity contribution in [3.05, 3.63) is 83.4 Å². The fourth-order valence-corrected chi connectivity index (χ4v) is 3.37. The van der Waals surface area contributed by atoms with Crippen LogP contribution in [0.25, 0.3) is 21.8 Å². The first kappa shape index (κ1) is 16.8. The van der Waals surface area contributed by atoms with Crippen LogP contribution in [0, 0.1) is 17.2 Å². The molecule has 7 heteroatoms. The van der Waals surface area contributed by atoms with Crippen molar-refractivity contribution in [3.8, 4) is 0 Å². The summed E-state index contributed by atoms with van der Waals surface area (Å²) in [5.41, 5.74) is 9.46. The lowest BCUT2D eigenvalue weighted by Gasteiger charge is -2.10. The van der Waals surface area contributed by atoms with Gasteiger partial charge in [0.15, 0.2) is 5.84 Å². The Morgan fingerprint density at radius 2 is 1.63 bits per heavy atom. The van der Waals surface area contributed by atoms with Crippen LogP contribution in [0.15, 0.2) is 70.9 Å². The van der Waals surface area contributed by atoms with Gasteiger partial charge in [0.2, 0.25) is 0 Å². The van der Waals surface area contributed by atoms with Gasteiger partial charge in [0.1, 0.15) is 11.6 Å². The van der Waals surface area contributed by atoms with Gasteiger partial charge in [-0.05, 0) is 36.4 Å². The number of nitrogens with one attached hydrogen (secondary N) is 1. The second-order valence-electron chi connectivity index (χ2n) is 6.10. The summed E-state index contributed by atoms with van der Waals surface area (Å²) in [5.74, 6) is 4.24. The van der Waals surface area contributed by atoms with Crippen LogP contribution in [-0.2, 0) is 6.54 Å². The second kappa shape index (κ2) is 6.60. The average Bonchev–Trinajstić information content (AvgIpc) is 2.99. The van der Waals surface area contributed by atoms with Crippen LogP contribution in [0.1, 0.15) is 11.1 Å². The van der Waals surface area contributed by atoms with E-state index in [4.69, 9.17) is 11.4 Å². The van der Waals surface area contributed by atoms with E-state index in [1.807, 2.05) is 41.0 Å². The zero-order valence-electron chi connectivity index (χ0n) is 14.2. The van der Waals surface area contributed by atoms with Crippen LogP contribution < -0.4 is 5.84 Å². The highest BCUT2D eigenvalue weighted by molar-refractivity contribution is 6.11. The Hall–Kier alpha value is -3.61. The summed E-state index contributed by atoms with van der Waals surface area (Å²) in [4.78, 5) is 0. The predicted molar refractivity (Wildman–Crippen MR) is 101 cm³/mol. The molecule has 3 N–H and O–H groups in total. The maximum absolute atomic E-state index is 14.2. The highest BCUT2D eigenvalue weighted by atomic mass is 19.1. The minimum absolute atomic E-state index is 0.00889. The van der Waals surface area contributed by atoms with E-state index in [0.717, 1.165) is 21.8 Å². The molecule has 0 atom stereocenters. The van der Waals surface area contributed by atoms with E-state index < -0.39 is 11.6 Å². The maximum Gasteiger partial charge on any atom is 0.199 e. The molecule has 3 aromatic carbocycles. The van der Waals surface area contributed by atoms with E-state index in [-0.39, 0.29) is 17.9 Å². The Balaban J connectivity index is 1.98. The summed E-state index contributed by atoms with van der Waals surface area (Å²) in [6.45, 7) is 0.0581. The normalized spacial score (nSPS) is 12.0. The first-order valence-corrected chi connectivity index (χ1v) is 8.23. The van der Waals surface area contributed by atoms with Crippen molar-refractivity contribution in [3.63, 3.8) is 0 Å². The molecule has 0 unspecified atom stereocenters. The van der Waals surface area contributed by atoms with E-state index in [2.05, 4.69) is 10.2 Å². The number of hydrogen-bond acceptors (Lipinski definition) is 3. The Morgan fingerprint density at radius 1 is 0.926 bits per heavy atom. The summed E-state index contributed by atoms with van der Waals surface area (Å²) in [6, 6.07) is 16.9. The Bertz CT molecular complexity index is 1190. The zero-order chi connectivity index (χ0) is 19.0. The largest absolute Gasteiger partial charge is 0.336 e. The predicted octanol–water partition coefficient (Wildman–Crippen LogP) is 4.77. The number of nitrogens with zero attached hydrogens (tertiary/aromatic N) is 3. The monoisotopic (exact) mass is 363 g/mol. The molecule has 1 aromatic heterocycles. The number of amidine groups is 1. The topological polar surface area (TPSA) is 79.5 Å². The van der Waals surface area contributed by atoms with Crippen molar-refractivity contribution in [1.29, 1.82) is 5.53 Å². The third-order valence-electron chi connectivity index (χ3n) is 4.64. The molecule has 134 valence electrons. The van der Waals surface area contributed by atoms with Crippen molar-refractivity contribution in [2.75, 3.05) is 0 Å². The van der Waals surface area contributed by atoms with Crippen LogP contribution in [0.4, 0.5) is 8.78 Å². The fourth-order valence-electron chi connectivity index (χ4n) is 3.37. The minimum Gasteiger partial charge on any atom is -0.336 e. The molecule has 1 heterocycles. The van der Waals surface area contributed by atoms with Gasteiger partial charge in [-0.15, -0.1) is 5.11 Å². The maximum atomic E-state index is 14.2. The number of benzene rings is 3. The van der Waals surface area contributed by atoms with Gasteiger partial charge in [-0.25, -0.2) is 14.3 Å². The lowest BCUT2D eigenvalue weighted by Crippen LogP contribution is -2.05. The Kier molecular flexibility index (Phi) is 4.12. The van der Waals surface area contributed by atoms with Gasteiger partial charge in [0.25, 0.3) is 0 Å². The SMILES string of the molecule is N=N/C(=N\N)c1ccc2c(c1)c1ccccc1n2Cc1c(F)cccc1F. The second-order valence-corrected chi connectivity index (χ2v) is 6.10. The van der Waals surface area contributed by atoms with Gasteiger partial charge in [0.05, 0.1) is 6.54 Å². The van der Waals surface area contributed by atoms with Gasteiger partial charge >= 0.3 is 0 Å². The van der Waals surface area contributed by atoms with E-state index in [1.165, 1.54) is 18.2 Å².